The second-order valence-electron chi connectivity index (χ2n) is 5.21. The molecule has 11 heteroatoms. The molecule has 134 valence electrons. The van der Waals surface area contributed by atoms with E-state index >= 15 is 0 Å². The Labute approximate surface area is 151 Å². The van der Waals surface area contributed by atoms with Crippen LogP contribution in [0.4, 0.5) is 10.8 Å². The molecule has 0 radical (unpaired) electrons. The first-order chi connectivity index (χ1) is 12.4. The summed E-state index contributed by atoms with van der Waals surface area (Å²) >= 11 is 1.06. The highest BCUT2D eigenvalue weighted by Crippen LogP contribution is 2.23. The van der Waals surface area contributed by atoms with Crippen molar-refractivity contribution in [1.82, 2.24) is 19.9 Å². The van der Waals surface area contributed by atoms with E-state index in [-0.39, 0.29) is 16.6 Å². The van der Waals surface area contributed by atoms with Crippen molar-refractivity contribution in [2.45, 2.75) is 20.0 Å². The highest BCUT2D eigenvalue weighted by atomic mass is 32.1. The average molecular weight is 374 g/mol. The van der Waals surface area contributed by atoms with E-state index in [9.17, 15) is 14.4 Å². The molecule has 0 aromatic carbocycles. The summed E-state index contributed by atoms with van der Waals surface area (Å²) in [7, 11) is 0. The highest BCUT2D eigenvalue weighted by Gasteiger charge is 2.21. The van der Waals surface area contributed by atoms with Gasteiger partial charge in [0.2, 0.25) is 5.91 Å². The minimum absolute atomic E-state index is 0.240. The molecule has 0 aliphatic rings. The third-order valence-corrected chi connectivity index (χ3v) is 4.20. The molecule has 0 saturated heterocycles. The molecule has 2 amide bonds. The Morgan fingerprint density at radius 3 is 2.77 bits per heavy atom. The first-order valence-corrected chi connectivity index (χ1v) is 8.29. The molecule has 3 N–H and O–H groups in total. The van der Waals surface area contributed by atoms with Crippen LogP contribution in [0, 0.1) is 0 Å². The fourth-order valence-electron chi connectivity index (χ4n) is 2.04. The Kier molecular flexibility index (Phi) is 4.89. The monoisotopic (exact) mass is 374 g/mol. The van der Waals surface area contributed by atoms with Crippen molar-refractivity contribution < 1.29 is 19.1 Å². The summed E-state index contributed by atoms with van der Waals surface area (Å²) in [5.41, 5.74) is 0.876. The number of carbonyl (C=O) groups is 3. The highest BCUT2D eigenvalue weighted by molar-refractivity contribution is 7.18. The summed E-state index contributed by atoms with van der Waals surface area (Å²) in [6, 6.07) is 3.10. The molecule has 0 unspecified atom stereocenters. The lowest BCUT2D eigenvalue weighted by Crippen LogP contribution is -2.30. The summed E-state index contributed by atoms with van der Waals surface area (Å²) in [6.07, 6.45) is 1.65. The van der Waals surface area contributed by atoms with E-state index in [1.54, 1.807) is 6.07 Å². The van der Waals surface area contributed by atoms with Crippen LogP contribution in [0.5, 0.6) is 0 Å². The summed E-state index contributed by atoms with van der Waals surface area (Å²) in [6.45, 7) is 2.81. The maximum atomic E-state index is 12.3. The number of imidazole rings is 1. The first-order valence-electron chi connectivity index (χ1n) is 7.47. The third kappa shape index (κ3) is 3.83. The van der Waals surface area contributed by atoms with Gasteiger partial charge >= 0.3 is 5.97 Å². The number of ether oxygens (including phenoxy) is 1. The van der Waals surface area contributed by atoms with Crippen molar-refractivity contribution in [3.8, 4) is 0 Å². The molecule has 0 aliphatic carbocycles. The number of H-pyrrole nitrogens is 1. The zero-order valence-corrected chi connectivity index (χ0v) is 14.6. The van der Waals surface area contributed by atoms with Crippen LogP contribution in [0.1, 0.15) is 23.5 Å². The second-order valence-corrected chi connectivity index (χ2v) is 6.29. The van der Waals surface area contributed by atoms with Crippen LogP contribution in [-0.2, 0) is 14.3 Å². The number of thiophene rings is 1. The molecule has 0 fully saturated rings. The Hall–Kier alpha value is -3.34. The lowest BCUT2D eigenvalue weighted by molar-refractivity contribution is -0.123. The van der Waals surface area contributed by atoms with E-state index in [1.165, 1.54) is 32.6 Å². The second kappa shape index (κ2) is 7.27. The molecular weight excluding hydrogens is 360 g/mol. The van der Waals surface area contributed by atoms with Crippen LogP contribution in [0.3, 0.4) is 0 Å². The van der Waals surface area contributed by atoms with Crippen molar-refractivity contribution in [1.29, 1.82) is 0 Å². The fraction of sp³-hybridized carbons (Fsp3) is 0.200. The van der Waals surface area contributed by atoms with Gasteiger partial charge in [-0.2, -0.15) is 0 Å². The molecule has 0 aliphatic heterocycles. The summed E-state index contributed by atoms with van der Waals surface area (Å²) in [5.74, 6) is -1.21. The predicted octanol–water partition coefficient (Wildman–Crippen LogP) is 1.56. The van der Waals surface area contributed by atoms with Crippen LogP contribution in [0.25, 0.3) is 11.2 Å². The molecule has 0 saturated carbocycles. The Bertz CT molecular complexity index is 981. The van der Waals surface area contributed by atoms with Crippen molar-refractivity contribution >= 4 is 51.1 Å². The number of aromatic nitrogens is 4. The number of fused-ring (bicyclic) bond motifs is 1. The number of aromatic amines is 1. The van der Waals surface area contributed by atoms with E-state index in [4.69, 9.17) is 4.74 Å². The van der Waals surface area contributed by atoms with E-state index < -0.39 is 18.0 Å². The largest absolute Gasteiger partial charge is 0.448 e. The Balaban J connectivity index is 1.63. The number of amides is 2. The molecule has 3 heterocycles. The third-order valence-electron chi connectivity index (χ3n) is 3.22. The lowest BCUT2D eigenvalue weighted by Gasteiger charge is -2.12. The van der Waals surface area contributed by atoms with Crippen LogP contribution >= 0.6 is 11.3 Å². The zero-order chi connectivity index (χ0) is 18.7. The van der Waals surface area contributed by atoms with Gasteiger partial charge in [0.05, 0.1) is 11.3 Å². The quantitative estimate of drug-likeness (QED) is 0.576. The summed E-state index contributed by atoms with van der Waals surface area (Å²) in [5, 5.41) is 5.66. The van der Waals surface area contributed by atoms with Gasteiger partial charge in [-0.1, -0.05) is 0 Å². The fourth-order valence-corrected chi connectivity index (χ4v) is 2.87. The standard InChI is InChI=1S/C15H14N6O4S/c1-7(25-15(24)9-3-4-10(26-9)20-8(2)22)14(23)21-13-11-12(17-5-16-11)18-6-19-13/h3-7H,1-2H3,(H,20,22)(H2,16,17,18,19,21,23)/t7-/m1/s1. The van der Waals surface area contributed by atoms with Gasteiger partial charge in [0.1, 0.15) is 16.7 Å². The van der Waals surface area contributed by atoms with Crippen LogP contribution in [0.15, 0.2) is 24.8 Å². The maximum absolute atomic E-state index is 12.3. The van der Waals surface area contributed by atoms with Crippen molar-refractivity contribution in [3.05, 3.63) is 29.7 Å². The smallest absolute Gasteiger partial charge is 0.349 e. The van der Waals surface area contributed by atoms with Gasteiger partial charge in [0.15, 0.2) is 17.6 Å². The Morgan fingerprint density at radius 2 is 2.00 bits per heavy atom. The van der Waals surface area contributed by atoms with Gasteiger partial charge in [-0.3, -0.25) is 9.59 Å². The molecule has 0 bridgehead atoms. The molecule has 26 heavy (non-hydrogen) atoms. The van der Waals surface area contributed by atoms with Crippen molar-refractivity contribution in [3.63, 3.8) is 0 Å². The van der Waals surface area contributed by atoms with E-state index in [0.29, 0.717) is 16.2 Å². The van der Waals surface area contributed by atoms with Crippen molar-refractivity contribution in [2.75, 3.05) is 10.6 Å². The SMILES string of the molecule is CC(=O)Nc1ccc(C(=O)O[C@H](C)C(=O)Nc2ncnc3nc[nH]c23)s1. The number of esters is 1. The molecule has 1 atom stereocenters. The van der Waals surface area contributed by atoms with Crippen LogP contribution in [-0.4, -0.2) is 43.8 Å². The lowest BCUT2D eigenvalue weighted by atomic mass is 10.3. The summed E-state index contributed by atoms with van der Waals surface area (Å²) in [4.78, 5) is 50.4. The predicted molar refractivity (Wildman–Crippen MR) is 93.8 cm³/mol. The molecule has 3 rings (SSSR count). The van der Waals surface area contributed by atoms with Gasteiger partial charge in [-0.15, -0.1) is 11.3 Å². The Morgan fingerprint density at radius 1 is 1.19 bits per heavy atom. The minimum Gasteiger partial charge on any atom is -0.448 e. The van der Waals surface area contributed by atoms with Gasteiger partial charge in [0.25, 0.3) is 5.91 Å². The normalized spacial score (nSPS) is 11.8. The van der Waals surface area contributed by atoms with Gasteiger partial charge < -0.3 is 20.4 Å². The van der Waals surface area contributed by atoms with E-state index in [0.717, 1.165) is 11.3 Å². The topological polar surface area (TPSA) is 139 Å². The number of nitrogens with zero attached hydrogens (tertiary/aromatic N) is 3. The maximum Gasteiger partial charge on any atom is 0.349 e. The van der Waals surface area contributed by atoms with Crippen LogP contribution in [0.2, 0.25) is 0 Å². The number of hydrogen-bond donors (Lipinski definition) is 3. The zero-order valence-electron chi connectivity index (χ0n) is 13.8. The first kappa shape index (κ1) is 17.5. The van der Waals surface area contributed by atoms with E-state index in [2.05, 4.69) is 30.6 Å². The number of rotatable bonds is 5. The van der Waals surface area contributed by atoms with E-state index in [1.807, 2.05) is 0 Å². The number of anilines is 2. The molecular formula is C15H14N6O4S. The minimum atomic E-state index is -1.05. The van der Waals surface area contributed by atoms with Crippen molar-refractivity contribution in [2.24, 2.45) is 0 Å². The molecule has 3 aromatic heterocycles. The summed E-state index contributed by atoms with van der Waals surface area (Å²) < 4.78 is 5.16. The van der Waals surface area contributed by atoms with Gasteiger partial charge in [-0.05, 0) is 19.1 Å². The van der Waals surface area contributed by atoms with Crippen LogP contribution < -0.4 is 10.6 Å². The number of nitrogens with one attached hydrogen (secondary N) is 3. The van der Waals surface area contributed by atoms with Gasteiger partial charge in [0, 0.05) is 6.92 Å². The average Bonchev–Trinajstić information content (AvgIpc) is 3.23. The molecule has 3 aromatic rings. The van der Waals surface area contributed by atoms with Gasteiger partial charge in [-0.25, -0.2) is 19.7 Å². The molecule has 10 nitrogen and oxygen atoms in total. The number of hydrogen-bond acceptors (Lipinski definition) is 8. The molecule has 0 spiro atoms. The number of carbonyl (C=O) groups excluding carboxylic acids is 3.